The fourth-order valence-electron chi connectivity index (χ4n) is 3.53. The molecule has 0 aliphatic heterocycles. The summed E-state index contributed by atoms with van der Waals surface area (Å²) < 4.78 is 2.36. The van der Waals surface area contributed by atoms with Crippen molar-refractivity contribution in [3.05, 3.63) is 36.0 Å². The summed E-state index contributed by atoms with van der Waals surface area (Å²) in [5.74, 6) is -0.777. The molecule has 2 aromatic rings. The fraction of sp³-hybridized carbons (Fsp3) is 0.500. The molecule has 1 saturated carbocycles. The summed E-state index contributed by atoms with van der Waals surface area (Å²) in [7, 11) is 0. The van der Waals surface area contributed by atoms with Gasteiger partial charge in [-0.25, -0.2) is 0 Å². The number of fused-ring (bicyclic) bond motifs is 1. The minimum atomic E-state index is -0.863. The molecule has 0 atom stereocenters. The lowest BCUT2D eigenvalue weighted by Crippen LogP contribution is -2.28. The molecular weight excluding hydrogens is 262 g/mol. The second-order valence-electron chi connectivity index (χ2n) is 6.68. The Morgan fingerprint density at radius 1 is 1.19 bits per heavy atom. The van der Waals surface area contributed by atoms with E-state index in [0.717, 1.165) is 10.9 Å². The number of aliphatic carboxylic acids is 1. The van der Waals surface area contributed by atoms with Crippen LogP contribution in [0.4, 0.5) is 0 Å². The zero-order valence-electron chi connectivity index (χ0n) is 12.8. The number of hydrogen-bond donors (Lipinski definition) is 1. The average Bonchev–Trinajstić information content (AvgIpc) is 2.91. The van der Waals surface area contributed by atoms with Gasteiger partial charge in [-0.2, -0.15) is 0 Å². The number of aromatic nitrogens is 1. The van der Waals surface area contributed by atoms with E-state index in [2.05, 4.69) is 22.9 Å². The van der Waals surface area contributed by atoms with Gasteiger partial charge in [-0.15, -0.1) is 0 Å². The molecule has 1 aliphatic rings. The molecule has 0 bridgehead atoms. The Balaban J connectivity index is 2.10. The van der Waals surface area contributed by atoms with E-state index in [-0.39, 0.29) is 0 Å². The molecule has 1 aromatic carbocycles. The Bertz CT molecular complexity index is 663. The minimum Gasteiger partial charge on any atom is -0.481 e. The van der Waals surface area contributed by atoms with E-state index in [0.29, 0.717) is 6.04 Å². The van der Waals surface area contributed by atoms with Gasteiger partial charge < -0.3 is 9.67 Å². The van der Waals surface area contributed by atoms with Gasteiger partial charge in [-0.3, -0.25) is 4.79 Å². The fourth-order valence-corrected chi connectivity index (χ4v) is 3.53. The van der Waals surface area contributed by atoms with Crippen molar-refractivity contribution in [2.24, 2.45) is 0 Å². The third-order valence-corrected chi connectivity index (χ3v) is 4.94. The summed E-state index contributed by atoms with van der Waals surface area (Å²) in [6.45, 7) is 3.56. The van der Waals surface area contributed by atoms with E-state index in [9.17, 15) is 9.90 Å². The lowest BCUT2D eigenvalue weighted by Gasteiger charge is -2.25. The minimum absolute atomic E-state index is 0.569. The van der Waals surface area contributed by atoms with E-state index in [4.69, 9.17) is 0 Å². The quantitative estimate of drug-likeness (QED) is 0.901. The molecule has 1 fully saturated rings. The standard InChI is InChI=1S/C18H23NO2/c1-18(2,17(20)21)15-9-6-10-16-14(15)11-12-19(16)13-7-4-3-5-8-13/h6,9-13H,3-5,7-8H2,1-2H3,(H,20,21). The zero-order chi connectivity index (χ0) is 15.0. The van der Waals surface area contributed by atoms with Crippen molar-refractivity contribution in [1.29, 1.82) is 0 Å². The third-order valence-electron chi connectivity index (χ3n) is 4.94. The second kappa shape index (κ2) is 5.21. The Morgan fingerprint density at radius 3 is 2.57 bits per heavy atom. The summed E-state index contributed by atoms with van der Waals surface area (Å²) in [4.78, 5) is 11.6. The van der Waals surface area contributed by atoms with E-state index in [1.54, 1.807) is 13.8 Å². The predicted molar refractivity (Wildman–Crippen MR) is 84.7 cm³/mol. The van der Waals surface area contributed by atoms with Crippen LogP contribution in [-0.2, 0) is 10.2 Å². The maximum Gasteiger partial charge on any atom is 0.313 e. The SMILES string of the molecule is CC(C)(C(=O)O)c1cccc2c1ccn2C1CCCCC1. The van der Waals surface area contributed by atoms with Crippen molar-refractivity contribution in [1.82, 2.24) is 4.57 Å². The molecule has 0 radical (unpaired) electrons. The van der Waals surface area contributed by atoms with Crippen LogP contribution in [0.3, 0.4) is 0 Å². The molecule has 0 unspecified atom stereocenters. The molecule has 1 heterocycles. The Hall–Kier alpha value is -1.77. The van der Waals surface area contributed by atoms with Gasteiger partial charge in [-0.05, 0) is 44.4 Å². The highest BCUT2D eigenvalue weighted by Crippen LogP contribution is 2.35. The van der Waals surface area contributed by atoms with E-state index in [1.807, 2.05) is 12.1 Å². The van der Waals surface area contributed by atoms with Gasteiger partial charge >= 0.3 is 5.97 Å². The van der Waals surface area contributed by atoms with Crippen molar-refractivity contribution >= 4 is 16.9 Å². The Kier molecular flexibility index (Phi) is 3.52. The maximum atomic E-state index is 11.6. The number of carboxylic acid groups (broad SMARTS) is 1. The largest absolute Gasteiger partial charge is 0.481 e. The van der Waals surface area contributed by atoms with Gasteiger partial charge in [-0.1, -0.05) is 31.4 Å². The molecule has 3 nitrogen and oxygen atoms in total. The van der Waals surface area contributed by atoms with E-state index >= 15 is 0 Å². The first-order valence-corrected chi connectivity index (χ1v) is 7.85. The average molecular weight is 285 g/mol. The third kappa shape index (κ3) is 2.35. The summed E-state index contributed by atoms with van der Waals surface area (Å²) in [6, 6.07) is 8.71. The number of benzene rings is 1. The van der Waals surface area contributed by atoms with E-state index < -0.39 is 11.4 Å². The number of nitrogens with zero attached hydrogens (tertiary/aromatic N) is 1. The summed E-state index contributed by atoms with van der Waals surface area (Å²) >= 11 is 0. The molecular formula is C18H23NO2. The van der Waals surface area contributed by atoms with Crippen LogP contribution in [0.1, 0.15) is 57.6 Å². The highest BCUT2D eigenvalue weighted by Gasteiger charge is 2.31. The lowest BCUT2D eigenvalue weighted by molar-refractivity contribution is -0.142. The van der Waals surface area contributed by atoms with Gasteiger partial charge in [0.15, 0.2) is 0 Å². The number of carbonyl (C=O) groups is 1. The zero-order valence-corrected chi connectivity index (χ0v) is 12.8. The van der Waals surface area contributed by atoms with E-state index in [1.165, 1.54) is 37.6 Å². The highest BCUT2D eigenvalue weighted by atomic mass is 16.4. The van der Waals surface area contributed by atoms with Crippen molar-refractivity contribution in [3.8, 4) is 0 Å². The first kappa shape index (κ1) is 14.2. The summed E-state index contributed by atoms with van der Waals surface area (Å²) in [5, 5.41) is 10.6. The molecule has 1 N–H and O–H groups in total. The van der Waals surface area contributed by atoms with Crippen LogP contribution in [0.15, 0.2) is 30.5 Å². The van der Waals surface area contributed by atoms with Crippen LogP contribution in [0.5, 0.6) is 0 Å². The summed E-state index contributed by atoms with van der Waals surface area (Å²) in [6.07, 6.45) is 8.54. The topological polar surface area (TPSA) is 42.2 Å². The van der Waals surface area contributed by atoms with Gasteiger partial charge in [0.25, 0.3) is 0 Å². The van der Waals surface area contributed by atoms with Crippen molar-refractivity contribution in [2.45, 2.75) is 57.4 Å². The highest BCUT2D eigenvalue weighted by molar-refractivity contribution is 5.91. The number of hydrogen-bond acceptors (Lipinski definition) is 1. The van der Waals surface area contributed by atoms with Crippen LogP contribution < -0.4 is 0 Å². The molecule has 112 valence electrons. The molecule has 0 amide bonds. The number of rotatable bonds is 3. The molecule has 3 rings (SSSR count). The molecule has 1 aliphatic carbocycles. The van der Waals surface area contributed by atoms with Gasteiger partial charge in [0.2, 0.25) is 0 Å². The van der Waals surface area contributed by atoms with Crippen molar-refractivity contribution < 1.29 is 9.90 Å². The van der Waals surface area contributed by atoms with Crippen molar-refractivity contribution in [2.75, 3.05) is 0 Å². The van der Waals surface area contributed by atoms with Crippen LogP contribution in [-0.4, -0.2) is 15.6 Å². The van der Waals surface area contributed by atoms with Crippen LogP contribution in [0.2, 0.25) is 0 Å². The molecule has 21 heavy (non-hydrogen) atoms. The first-order valence-electron chi connectivity index (χ1n) is 7.85. The Labute approximate surface area is 125 Å². The van der Waals surface area contributed by atoms with Crippen molar-refractivity contribution in [3.63, 3.8) is 0 Å². The number of carboxylic acids is 1. The van der Waals surface area contributed by atoms with Gasteiger partial charge in [0.1, 0.15) is 0 Å². The smallest absolute Gasteiger partial charge is 0.313 e. The van der Waals surface area contributed by atoms with Crippen LogP contribution in [0, 0.1) is 0 Å². The van der Waals surface area contributed by atoms with Gasteiger partial charge in [0, 0.05) is 23.1 Å². The Morgan fingerprint density at radius 2 is 1.90 bits per heavy atom. The lowest BCUT2D eigenvalue weighted by atomic mass is 9.83. The maximum absolute atomic E-state index is 11.6. The monoisotopic (exact) mass is 285 g/mol. The molecule has 1 aromatic heterocycles. The molecule has 0 saturated heterocycles. The molecule has 3 heteroatoms. The first-order chi connectivity index (χ1) is 10.0. The predicted octanol–water partition coefficient (Wildman–Crippen LogP) is 4.51. The van der Waals surface area contributed by atoms with Crippen LogP contribution >= 0.6 is 0 Å². The normalized spacial score (nSPS) is 17.2. The van der Waals surface area contributed by atoms with Crippen LogP contribution in [0.25, 0.3) is 10.9 Å². The summed E-state index contributed by atoms with van der Waals surface area (Å²) in [5.41, 5.74) is 1.22. The molecule has 0 spiro atoms. The second-order valence-corrected chi connectivity index (χ2v) is 6.68. The van der Waals surface area contributed by atoms with Gasteiger partial charge in [0.05, 0.1) is 5.41 Å².